The van der Waals surface area contributed by atoms with Gasteiger partial charge in [-0.2, -0.15) is 0 Å². The SMILES string of the molecule is CCC1(NC(=O)C2(C(=O)Nc3ccc(Oc4ccnc5cc(OC)c(OC)cc45)cc3)CC2)CC(C)(N)C1. The van der Waals surface area contributed by atoms with Gasteiger partial charge in [0, 0.05) is 34.4 Å². The van der Waals surface area contributed by atoms with Gasteiger partial charge in [0.25, 0.3) is 0 Å². The van der Waals surface area contributed by atoms with Crippen LogP contribution in [0.25, 0.3) is 10.9 Å². The standard InChI is InChI=1S/C29H34N4O5/c1-5-28(16-27(2,30)17-28)33-26(35)29(11-12-29)25(34)32-18-6-8-19(9-7-18)38-22-10-13-31-21-15-24(37-4)23(36-3)14-20(21)22/h6-10,13-15H,5,11-12,16-17,30H2,1-4H3,(H,32,34)(H,33,35). The molecule has 0 aliphatic heterocycles. The van der Waals surface area contributed by atoms with Gasteiger partial charge < -0.3 is 30.6 Å². The molecule has 9 nitrogen and oxygen atoms in total. The number of hydrogen-bond donors (Lipinski definition) is 3. The second-order valence-corrected chi connectivity index (χ2v) is 10.8. The molecule has 1 heterocycles. The lowest BCUT2D eigenvalue weighted by molar-refractivity contribution is -0.137. The highest BCUT2D eigenvalue weighted by molar-refractivity contribution is 6.13. The maximum Gasteiger partial charge on any atom is 0.240 e. The number of rotatable bonds is 9. The van der Waals surface area contributed by atoms with Gasteiger partial charge in [0.15, 0.2) is 11.5 Å². The summed E-state index contributed by atoms with van der Waals surface area (Å²) in [6, 6.07) is 12.4. The third kappa shape index (κ3) is 4.74. The summed E-state index contributed by atoms with van der Waals surface area (Å²) in [5.41, 5.74) is 5.89. The van der Waals surface area contributed by atoms with Crippen molar-refractivity contribution in [2.24, 2.45) is 11.1 Å². The number of fused-ring (bicyclic) bond motifs is 1. The van der Waals surface area contributed by atoms with Crippen molar-refractivity contribution in [1.82, 2.24) is 10.3 Å². The Bertz CT molecular complexity index is 1370. The summed E-state index contributed by atoms with van der Waals surface area (Å²) in [6.07, 6.45) is 4.96. The van der Waals surface area contributed by atoms with E-state index in [1.54, 1.807) is 56.8 Å². The molecule has 2 fully saturated rings. The van der Waals surface area contributed by atoms with Gasteiger partial charge in [-0.3, -0.25) is 14.6 Å². The van der Waals surface area contributed by atoms with Gasteiger partial charge in [-0.05, 0) is 75.4 Å². The maximum absolute atomic E-state index is 13.1. The number of methoxy groups -OCH3 is 2. The normalized spacial score (nSPS) is 23.2. The number of nitrogens with one attached hydrogen (secondary N) is 2. The molecule has 2 amide bonds. The van der Waals surface area contributed by atoms with Crippen molar-refractivity contribution in [3.05, 3.63) is 48.7 Å². The molecule has 9 heteroatoms. The fourth-order valence-corrected chi connectivity index (χ4v) is 5.48. The number of aromatic nitrogens is 1. The second-order valence-electron chi connectivity index (χ2n) is 10.8. The third-order valence-electron chi connectivity index (χ3n) is 7.71. The zero-order valence-electron chi connectivity index (χ0n) is 22.2. The first kappa shape index (κ1) is 25.8. The summed E-state index contributed by atoms with van der Waals surface area (Å²) in [7, 11) is 3.15. The largest absolute Gasteiger partial charge is 0.493 e. The van der Waals surface area contributed by atoms with Gasteiger partial charge in [-0.25, -0.2) is 0 Å². The van der Waals surface area contributed by atoms with Gasteiger partial charge in [0.1, 0.15) is 16.9 Å². The number of pyridine rings is 1. The minimum atomic E-state index is -1.02. The van der Waals surface area contributed by atoms with E-state index < -0.39 is 5.41 Å². The highest BCUT2D eigenvalue weighted by Gasteiger charge is 2.59. The Balaban J connectivity index is 1.26. The molecule has 2 saturated carbocycles. The van der Waals surface area contributed by atoms with Crippen LogP contribution in [-0.2, 0) is 9.59 Å². The molecular formula is C29H34N4O5. The number of nitrogens with two attached hydrogens (primary N) is 1. The Morgan fingerprint density at radius 3 is 2.21 bits per heavy atom. The molecular weight excluding hydrogens is 484 g/mol. The smallest absolute Gasteiger partial charge is 0.240 e. The molecule has 0 spiro atoms. The lowest BCUT2D eigenvalue weighted by atomic mass is 9.62. The van der Waals surface area contributed by atoms with Crippen LogP contribution in [-0.4, -0.2) is 42.1 Å². The Labute approximate surface area is 222 Å². The fraction of sp³-hybridized carbons (Fsp3) is 0.414. The topological polar surface area (TPSA) is 125 Å². The molecule has 5 rings (SSSR count). The predicted octanol–water partition coefficient (Wildman–Crippen LogP) is 4.54. The molecule has 2 aliphatic carbocycles. The van der Waals surface area contributed by atoms with Crippen molar-refractivity contribution in [2.45, 2.75) is 57.0 Å². The molecule has 2 aromatic carbocycles. The van der Waals surface area contributed by atoms with Gasteiger partial charge >= 0.3 is 0 Å². The fourth-order valence-electron chi connectivity index (χ4n) is 5.48. The molecule has 2 aliphatic rings. The summed E-state index contributed by atoms with van der Waals surface area (Å²) in [5, 5.41) is 6.83. The van der Waals surface area contributed by atoms with Crippen LogP contribution in [0, 0.1) is 5.41 Å². The Morgan fingerprint density at radius 1 is 0.974 bits per heavy atom. The molecule has 0 atom stereocenters. The zero-order chi connectivity index (χ0) is 27.1. The van der Waals surface area contributed by atoms with Gasteiger partial charge in [-0.1, -0.05) is 6.92 Å². The van der Waals surface area contributed by atoms with E-state index in [2.05, 4.69) is 15.6 Å². The van der Waals surface area contributed by atoms with E-state index in [1.807, 2.05) is 19.9 Å². The predicted molar refractivity (Wildman–Crippen MR) is 145 cm³/mol. The second kappa shape index (κ2) is 9.47. The quantitative estimate of drug-likeness (QED) is 0.355. The first-order valence-electron chi connectivity index (χ1n) is 12.8. The number of amides is 2. The third-order valence-corrected chi connectivity index (χ3v) is 7.71. The van der Waals surface area contributed by atoms with E-state index in [1.165, 1.54) is 0 Å². The number of hydrogen-bond acceptors (Lipinski definition) is 7. The average Bonchev–Trinajstić information content (AvgIpc) is 3.70. The van der Waals surface area contributed by atoms with E-state index in [4.69, 9.17) is 19.9 Å². The summed E-state index contributed by atoms with van der Waals surface area (Å²) >= 11 is 0. The number of ether oxygens (including phenoxy) is 3. The molecule has 4 N–H and O–H groups in total. The van der Waals surface area contributed by atoms with Crippen LogP contribution in [0.4, 0.5) is 5.69 Å². The summed E-state index contributed by atoms with van der Waals surface area (Å²) in [5.74, 6) is 1.87. The molecule has 38 heavy (non-hydrogen) atoms. The van der Waals surface area contributed by atoms with Crippen molar-refractivity contribution in [3.63, 3.8) is 0 Å². The Hall–Kier alpha value is -3.85. The first-order chi connectivity index (χ1) is 18.1. The minimum Gasteiger partial charge on any atom is -0.493 e. The van der Waals surface area contributed by atoms with E-state index in [0.29, 0.717) is 59.9 Å². The van der Waals surface area contributed by atoms with Gasteiger partial charge in [-0.15, -0.1) is 0 Å². The maximum atomic E-state index is 13.1. The van der Waals surface area contributed by atoms with Gasteiger partial charge in [0.2, 0.25) is 11.8 Å². The monoisotopic (exact) mass is 518 g/mol. The van der Waals surface area contributed by atoms with Crippen LogP contribution in [0.15, 0.2) is 48.7 Å². The highest BCUT2D eigenvalue weighted by atomic mass is 16.5. The van der Waals surface area contributed by atoms with Crippen molar-refractivity contribution in [2.75, 3.05) is 19.5 Å². The minimum absolute atomic E-state index is 0.205. The summed E-state index contributed by atoms with van der Waals surface area (Å²) in [6.45, 7) is 4.03. The van der Waals surface area contributed by atoms with Crippen LogP contribution in [0.3, 0.4) is 0 Å². The number of anilines is 1. The van der Waals surface area contributed by atoms with Crippen LogP contribution >= 0.6 is 0 Å². The van der Waals surface area contributed by atoms with Crippen molar-refractivity contribution < 1.29 is 23.8 Å². The molecule has 200 valence electrons. The summed E-state index contributed by atoms with van der Waals surface area (Å²) in [4.78, 5) is 30.7. The number of nitrogens with zero attached hydrogens (tertiary/aromatic N) is 1. The lowest BCUT2D eigenvalue weighted by Gasteiger charge is -2.53. The van der Waals surface area contributed by atoms with Crippen molar-refractivity contribution in [3.8, 4) is 23.0 Å². The Morgan fingerprint density at radius 2 is 1.63 bits per heavy atom. The van der Waals surface area contributed by atoms with E-state index in [0.717, 1.165) is 11.8 Å². The number of carbonyl (C=O) groups excluding carboxylic acids is 2. The van der Waals surface area contributed by atoms with Crippen LogP contribution in [0.2, 0.25) is 0 Å². The van der Waals surface area contributed by atoms with Gasteiger partial charge in [0.05, 0.1) is 19.7 Å². The van der Waals surface area contributed by atoms with Crippen LogP contribution in [0.5, 0.6) is 23.0 Å². The van der Waals surface area contributed by atoms with Crippen molar-refractivity contribution >= 4 is 28.4 Å². The van der Waals surface area contributed by atoms with E-state index in [-0.39, 0.29) is 22.9 Å². The summed E-state index contributed by atoms with van der Waals surface area (Å²) < 4.78 is 16.9. The number of carbonyl (C=O) groups is 2. The van der Waals surface area contributed by atoms with E-state index >= 15 is 0 Å². The average molecular weight is 519 g/mol. The Kier molecular flexibility index (Phi) is 6.43. The molecule has 3 aromatic rings. The lowest BCUT2D eigenvalue weighted by Crippen LogP contribution is -2.68. The zero-order valence-corrected chi connectivity index (χ0v) is 22.2. The molecule has 0 radical (unpaired) electrons. The molecule has 0 saturated heterocycles. The van der Waals surface area contributed by atoms with Crippen molar-refractivity contribution in [1.29, 1.82) is 0 Å². The molecule has 1 aromatic heterocycles. The highest BCUT2D eigenvalue weighted by Crippen LogP contribution is 2.49. The van der Waals surface area contributed by atoms with Crippen LogP contribution < -0.4 is 30.6 Å². The molecule has 0 bridgehead atoms. The number of benzene rings is 2. The van der Waals surface area contributed by atoms with E-state index in [9.17, 15) is 9.59 Å². The van der Waals surface area contributed by atoms with Crippen LogP contribution in [0.1, 0.15) is 46.0 Å². The molecule has 0 unspecified atom stereocenters. The first-order valence-corrected chi connectivity index (χ1v) is 12.8.